The Morgan fingerprint density at radius 3 is 2.59 bits per heavy atom. The summed E-state index contributed by atoms with van der Waals surface area (Å²) in [4.78, 5) is 0. The average Bonchev–Trinajstić information content (AvgIpc) is 3.22. The molecule has 10 unspecified atom stereocenters. The van der Waals surface area contributed by atoms with Gasteiger partial charge in [-0.3, -0.25) is 0 Å². The van der Waals surface area contributed by atoms with Gasteiger partial charge in [0, 0.05) is 5.25 Å². The molecule has 6 rings (SSSR count). The van der Waals surface area contributed by atoms with Crippen LogP contribution in [-0.4, -0.2) is 11.0 Å². The van der Waals surface area contributed by atoms with Crippen molar-refractivity contribution in [2.24, 2.45) is 51.8 Å². The van der Waals surface area contributed by atoms with Crippen LogP contribution in [0, 0.1) is 51.8 Å². The molecule has 0 aromatic carbocycles. The Bertz CT molecular complexity index is 580. The van der Waals surface area contributed by atoms with Gasteiger partial charge in [-0.1, -0.05) is 32.9 Å². The van der Waals surface area contributed by atoms with E-state index in [0.29, 0.717) is 16.2 Å². The number of hydrogen-bond donors (Lipinski definition) is 0. The molecule has 1 saturated heterocycles. The Morgan fingerprint density at radius 1 is 1.05 bits per heavy atom. The molecule has 10 atom stereocenters. The van der Waals surface area contributed by atoms with E-state index in [-0.39, 0.29) is 0 Å². The van der Waals surface area contributed by atoms with Crippen molar-refractivity contribution in [3.8, 4) is 0 Å². The third-order valence-electron chi connectivity index (χ3n) is 10.4. The minimum Gasteiger partial charge on any atom is -0.157 e. The average molecular weight is 315 g/mol. The highest BCUT2D eigenvalue weighted by molar-refractivity contribution is 8.00. The van der Waals surface area contributed by atoms with Crippen molar-refractivity contribution in [2.45, 2.75) is 58.1 Å². The summed E-state index contributed by atoms with van der Waals surface area (Å²) in [7, 11) is 0. The van der Waals surface area contributed by atoms with Crippen molar-refractivity contribution in [2.75, 3.05) is 5.75 Å². The van der Waals surface area contributed by atoms with E-state index in [1.807, 2.05) is 0 Å². The highest BCUT2D eigenvalue weighted by Crippen LogP contribution is 2.85. The molecule has 0 aromatic rings. The Balaban J connectivity index is 1.39. The maximum Gasteiger partial charge on any atom is 0.0146 e. The molecule has 120 valence electrons. The van der Waals surface area contributed by atoms with Gasteiger partial charge in [-0.05, 0) is 89.6 Å². The van der Waals surface area contributed by atoms with Crippen LogP contribution in [0.25, 0.3) is 0 Å². The van der Waals surface area contributed by atoms with Gasteiger partial charge in [0.25, 0.3) is 0 Å². The van der Waals surface area contributed by atoms with Crippen LogP contribution in [0.15, 0.2) is 12.2 Å². The smallest absolute Gasteiger partial charge is 0.0146 e. The van der Waals surface area contributed by atoms with Crippen LogP contribution in [0.5, 0.6) is 0 Å². The van der Waals surface area contributed by atoms with Crippen molar-refractivity contribution >= 4 is 11.8 Å². The van der Waals surface area contributed by atoms with Crippen molar-refractivity contribution in [1.29, 1.82) is 0 Å². The standard InChI is InChI=1S/C21H30S/c1-19(10-12-5-4-6-15(12)19)16-11-22-18-17(16)20(2)13-7-8-14(9-13)21(18,20)3/h4,6,12-18H,5,7-11H2,1-3H3. The zero-order valence-corrected chi connectivity index (χ0v) is 15.2. The fourth-order valence-corrected chi connectivity index (χ4v) is 11.6. The molecule has 0 radical (unpaired) electrons. The number of hydrogen-bond acceptors (Lipinski definition) is 1. The zero-order chi connectivity index (χ0) is 14.9. The molecular weight excluding hydrogens is 284 g/mol. The van der Waals surface area contributed by atoms with Crippen molar-refractivity contribution in [3.63, 3.8) is 0 Å². The fourth-order valence-electron chi connectivity index (χ4n) is 9.14. The SMILES string of the molecule is CC1(C2CSC3C2C2(C)C4CCC(C4)C32C)CC2CC=CC21. The molecule has 4 saturated carbocycles. The van der Waals surface area contributed by atoms with Crippen LogP contribution in [0.4, 0.5) is 0 Å². The molecule has 1 heterocycles. The summed E-state index contributed by atoms with van der Waals surface area (Å²) in [5.74, 6) is 7.65. The van der Waals surface area contributed by atoms with E-state index in [2.05, 4.69) is 44.7 Å². The van der Waals surface area contributed by atoms with E-state index >= 15 is 0 Å². The lowest BCUT2D eigenvalue weighted by molar-refractivity contribution is -0.197. The molecule has 6 aliphatic rings. The minimum absolute atomic E-state index is 0.649. The van der Waals surface area contributed by atoms with Crippen LogP contribution in [-0.2, 0) is 0 Å². The summed E-state index contributed by atoms with van der Waals surface area (Å²) in [5, 5.41) is 1.01. The molecule has 0 aromatic heterocycles. The Hall–Kier alpha value is 0.0900. The third kappa shape index (κ3) is 1.09. The second kappa shape index (κ2) is 3.68. The van der Waals surface area contributed by atoms with Crippen LogP contribution >= 0.6 is 11.8 Å². The van der Waals surface area contributed by atoms with Crippen LogP contribution in [0.1, 0.15) is 52.9 Å². The van der Waals surface area contributed by atoms with E-state index in [1.54, 1.807) is 19.3 Å². The first-order chi connectivity index (χ1) is 10.5. The lowest BCUT2D eigenvalue weighted by Gasteiger charge is -2.71. The van der Waals surface area contributed by atoms with Gasteiger partial charge in [0.15, 0.2) is 0 Å². The third-order valence-corrected chi connectivity index (χ3v) is 12.1. The highest BCUT2D eigenvalue weighted by atomic mass is 32.2. The molecule has 0 nitrogen and oxygen atoms in total. The molecule has 22 heavy (non-hydrogen) atoms. The normalized spacial score (nSPS) is 70.0. The van der Waals surface area contributed by atoms with Gasteiger partial charge in [-0.25, -0.2) is 0 Å². The predicted molar refractivity (Wildman–Crippen MR) is 93.7 cm³/mol. The van der Waals surface area contributed by atoms with Crippen LogP contribution < -0.4 is 0 Å². The molecule has 5 aliphatic carbocycles. The lowest BCUT2D eigenvalue weighted by atomic mass is 9.35. The Kier molecular flexibility index (Phi) is 2.24. The molecule has 0 N–H and O–H groups in total. The van der Waals surface area contributed by atoms with Gasteiger partial charge < -0.3 is 0 Å². The Labute approximate surface area is 139 Å². The molecular formula is C21H30S. The topological polar surface area (TPSA) is 0 Å². The number of allylic oxidation sites excluding steroid dienone is 2. The first-order valence-electron chi connectivity index (χ1n) is 9.79. The maximum absolute atomic E-state index is 2.74. The van der Waals surface area contributed by atoms with Crippen LogP contribution in [0.2, 0.25) is 0 Å². The van der Waals surface area contributed by atoms with Crippen molar-refractivity contribution < 1.29 is 0 Å². The van der Waals surface area contributed by atoms with E-state index in [9.17, 15) is 0 Å². The monoisotopic (exact) mass is 314 g/mol. The Morgan fingerprint density at radius 2 is 1.82 bits per heavy atom. The number of thioether (sulfide) groups is 1. The van der Waals surface area contributed by atoms with Crippen LogP contribution in [0.3, 0.4) is 0 Å². The second-order valence-corrected chi connectivity index (χ2v) is 11.5. The van der Waals surface area contributed by atoms with Gasteiger partial charge in [-0.15, -0.1) is 0 Å². The van der Waals surface area contributed by atoms with Gasteiger partial charge >= 0.3 is 0 Å². The summed E-state index contributed by atoms with van der Waals surface area (Å²) in [5.41, 5.74) is 2.05. The first-order valence-corrected chi connectivity index (χ1v) is 10.8. The fraction of sp³-hybridized carbons (Fsp3) is 0.905. The summed E-state index contributed by atoms with van der Waals surface area (Å²) >= 11 is 2.40. The first kappa shape index (κ1) is 13.4. The summed E-state index contributed by atoms with van der Waals surface area (Å²) in [6, 6.07) is 0. The molecule has 0 spiro atoms. The summed E-state index contributed by atoms with van der Waals surface area (Å²) in [6.45, 7) is 8.11. The van der Waals surface area contributed by atoms with Gasteiger partial charge in [0.1, 0.15) is 0 Å². The van der Waals surface area contributed by atoms with Gasteiger partial charge in [0.05, 0.1) is 0 Å². The minimum atomic E-state index is 0.649. The largest absolute Gasteiger partial charge is 0.157 e. The maximum atomic E-state index is 2.74. The quantitative estimate of drug-likeness (QED) is 0.585. The zero-order valence-electron chi connectivity index (χ0n) is 14.3. The van der Waals surface area contributed by atoms with Gasteiger partial charge in [0.2, 0.25) is 0 Å². The van der Waals surface area contributed by atoms with E-state index in [0.717, 1.165) is 40.8 Å². The molecule has 0 amide bonds. The molecule has 2 bridgehead atoms. The van der Waals surface area contributed by atoms with E-state index in [1.165, 1.54) is 18.6 Å². The van der Waals surface area contributed by atoms with Crippen molar-refractivity contribution in [1.82, 2.24) is 0 Å². The number of rotatable bonds is 1. The molecule has 1 aliphatic heterocycles. The van der Waals surface area contributed by atoms with E-state index < -0.39 is 0 Å². The summed E-state index contributed by atoms with van der Waals surface area (Å²) in [6.07, 6.45) is 12.7. The second-order valence-electron chi connectivity index (χ2n) is 10.3. The highest BCUT2D eigenvalue weighted by Gasteiger charge is 2.81. The molecule has 5 fully saturated rings. The van der Waals surface area contributed by atoms with Gasteiger partial charge in [-0.2, -0.15) is 11.8 Å². The lowest BCUT2D eigenvalue weighted by Crippen LogP contribution is -2.69. The predicted octanol–water partition coefficient (Wildman–Crippen LogP) is 5.39. The molecule has 1 heteroatoms. The van der Waals surface area contributed by atoms with Crippen molar-refractivity contribution in [3.05, 3.63) is 12.2 Å². The summed E-state index contributed by atoms with van der Waals surface area (Å²) < 4.78 is 0. The number of fused-ring (bicyclic) bond motifs is 9. The van der Waals surface area contributed by atoms with E-state index in [4.69, 9.17) is 0 Å².